The second kappa shape index (κ2) is 10.2. The molecule has 4 heterocycles. The lowest BCUT2D eigenvalue weighted by atomic mass is 9.88. The van der Waals surface area contributed by atoms with E-state index in [0.717, 1.165) is 42.0 Å². The standard InChI is InChI=1S/C28H28F2N6O3/c1-39-19-2-3-22-18(10-19)14-31-26(27(37)34-22)16-4-7-35(8-5-16)25-13-23(32-15-33-25)28(38)36-9-6-17-11-20(29)21(30)12-24(17)36/h2-3,10-13,15-16,26,31H,4-9,14H2,1H3,(H,34,37). The van der Waals surface area contributed by atoms with Crippen molar-refractivity contribution in [3.8, 4) is 5.75 Å². The van der Waals surface area contributed by atoms with E-state index >= 15 is 0 Å². The molecule has 2 N–H and O–H groups in total. The van der Waals surface area contributed by atoms with Crippen LogP contribution in [-0.2, 0) is 17.8 Å². The Bertz CT molecular complexity index is 1440. The number of piperidine rings is 1. The number of ether oxygens (including phenoxy) is 1. The summed E-state index contributed by atoms with van der Waals surface area (Å²) in [5.41, 5.74) is 2.93. The molecule has 3 aromatic rings. The van der Waals surface area contributed by atoms with Crippen molar-refractivity contribution in [3.05, 3.63) is 71.2 Å². The van der Waals surface area contributed by atoms with Gasteiger partial charge in [-0.2, -0.15) is 0 Å². The first-order chi connectivity index (χ1) is 18.9. The third-order valence-corrected chi connectivity index (χ3v) is 7.83. The highest BCUT2D eigenvalue weighted by molar-refractivity contribution is 6.06. The van der Waals surface area contributed by atoms with E-state index in [1.54, 1.807) is 13.2 Å². The third-order valence-electron chi connectivity index (χ3n) is 7.83. The summed E-state index contributed by atoms with van der Waals surface area (Å²) < 4.78 is 32.8. The Morgan fingerprint density at radius 3 is 2.62 bits per heavy atom. The number of hydrogen-bond acceptors (Lipinski definition) is 7. The van der Waals surface area contributed by atoms with E-state index in [-0.39, 0.29) is 29.5 Å². The quantitative estimate of drug-likeness (QED) is 0.530. The minimum absolute atomic E-state index is 0.0468. The number of nitrogens with one attached hydrogen (secondary N) is 2. The van der Waals surface area contributed by atoms with Crippen molar-refractivity contribution in [3.63, 3.8) is 0 Å². The zero-order chi connectivity index (χ0) is 27.1. The fourth-order valence-electron chi connectivity index (χ4n) is 5.70. The predicted molar refractivity (Wildman–Crippen MR) is 141 cm³/mol. The topological polar surface area (TPSA) is 99.7 Å². The number of anilines is 3. The van der Waals surface area contributed by atoms with Gasteiger partial charge < -0.3 is 25.2 Å². The number of amides is 2. The first kappa shape index (κ1) is 25.2. The highest BCUT2D eigenvalue weighted by Gasteiger charge is 2.34. The number of fused-ring (bicyclic) bond motifs is 2. The van der Waals surface area contributed by atoms with Crippen LogP contribution in [0, 0.1) is 17.6 Å². The van der Waals surface area contributed by atoms with E-state index < -0.39 is 11.6 Å². The highest BCUT2D eigenvalue weighted by atomic mass is 19.2. The molecule has 6 rings (SSSR count). The molecule has 2 aromatic carbocycles. The second-order valence-electron chi connectivity index (χ2n) is 10.1. The van der Waals surface area contributed by atoms with Crippen LogP contribution in [-0.4, -0.2) is 54.6 Å². The number of rotatable bonds is 4. The Hall–Kier alpha value is -4.12. The van der Waals surface area contributed by atoms with Crippen molar-refractivity contribution in [1.82, 2.24) is 15.3 Å². The molecule has 1 aromatic heterocycles. The van der Waals surface area contributed by atoms with Crippen LogP contribution in [0.3, 0.4) is 0 Å². The van der Waals surface area contributed by atoms with E-state index in [2.05, 4.69) is 25.5 Å². The molecule has 0 aliphatic carbocycles. The van der Waals surface area contributed by atoms with Crippen molar-refractivity contribution < 1.29 is 23.1 Å². The maximum atomic E-state index is 13.9. The fraction of sp³-hybridized carbons (Fsp3) is 0.357. The van der Waals surface area contributed by atoms with Gasteiger partial charge >= 0.3 is 0 Å². The fourth-order valence-corrected chi connectivity index (χ4v) is 5.70. The number of carbonyl (C=O) groups is 2. The van der Waals surface area contributed by atoms with Gasteiger partial charge in [0.1, 0.15) is 23.6 Å². The highest BCUT2D eigenvalue weighted by Crippen LogP contribution is 2.32. The second-order valence-corrected chi connectivity index (χ2v) is 10.1. The summed E-state index contributed by atoms with van der Waals surface area (Å²) in [6, 6.07) is 9.15. The maximum Gasteiger partial charge on any atom is 0.277 e. The molecular weight excluding hydrogens is 506 g/mol. The van der Waals surface area contributed by atoms with E-state index in [0.29, 0.717) is 49.7 Å². The van der Waals surface area contributed by atoms with Crippen molar-refractivity contribution >= 4 is 29.0 Å². The van der Waals surface area contributed by atoms with E-state index in [1.807, 2.05) is 18.2 Å². The largest absolute Gasteiger partial charge is 0.497 e. The lowest BCUT2D eigenvalue weighted by molar-refractivity contribution is -0.119. The van der Waals surface area contributed by atoms with Gasteiger partial charge in [-0.05, 0) is 60.6 Å². The van der Waals surface area contributed by atoms with Crippen LogP contribution in [0.1, 0.15) is 34.5 Å². The zero-order valence-electron chi connectivity index (χ0n) is 21.4. The summed E-state index contributed by atoms with van der Waals surface area (Å²) in [6.07, 6.45) is 3.33. The summed E-state index contributed by atoms with van der Waals surface area (Å²) in [5, 5.41) is 6.47. The Morgan fingerprint density at radius 2 is 1.82 bits per heavy atom. The van der Waals surface area contributed by atoms with Crippen LogP contribution < -0.4 is 25.2 Å². The summed E-state index contributed by atoms with van der Waals surface area (Å²) >= 11 is 0. The number of methoxy groups -OCH3 is 1. The van der Waals surface area contributed by atoms with Crippen LogP contribution in [0.25, 0.3) is 0 Å². The van der Waals surface area contributed by atoms with Gasteiger partial charge in [-0.3, -0.25) is 9.59 Å². The van der Waals surface area contributed by atoms with Crippen LogP contribution >= 0.6 is 0 Å². The molecule has 1 saturated heterocycles. The Balaban J connectivity index is 1.11. The van der Waals surface area contributed by atoms with Crippen molar-refractivity contribution in [2.24, 2.45) is 5.92 Å². The van der Waals surface area contributed by atoms with Gasteiger partial charge in [-0.1, -0.05) is 0 Å². The molecule has 3 aliphatic rings. The monoisotopic (exact) mass is 534 g/mol. The van der Waals surface area contributed by atoms with E-state index in [1.165, 1.54) is 11.2 Å². The van der Waals surface area contributed by atoms with Gasteiger partial charge in [0, 0.05) is 44.0 Å². The number of benzene rings is 2. The summed E-state index contributed by atoms with van der Waals surface area (Å²) in [7, 11) is 1.62. The van der Waals surface area contributed by atoms with Crippen LogP contribution in [0.4, 0.5) is 26.0 Å². The average Bonchev–Trinajstić information content (AvgIpc) is 3.27. The van der Waals surface area contributed by atoms with Crippen LogP contribution in [0.5, 0.6) is 5.75 Å². The molecule has 0 spiro atoms. The summed E-state index contributed by atoms with van der Waals surface area (Å²) in [6.45, 7) is 2.22. The number of carbonyl (C=O) groups excluding carboxylic acids is 2. The van der Waals surface area contributed by atoms with Gasteiger partial charge in [-0.15, -0.1) is 0 Å². The van der Waals surface area contributed by atoms with Gasteiger partial charge in [0.2, 0.25) is 5.91 Å². The average molecular weight is 535 g/mol. The molecule has 202 valence electrons. The zero-order valence-corrected chi connectivity index (χ0v) is 21.4. The minimum atomic E-state index is -0.986. The molecule has 1 fully saturated rings. The Kier molecular flexibility index (Phi) is 6.59. The van der Waals surface area contributed by atoms with Gasteiger partial charge in [-0.25, -0.2) is 18.7 Å². The van der Waals surface area contributed by atoms with E-state index in [9.17, 15) is 18.4 Å². The molecule has 0 saturated carbocycles. The Morgan fingerprint density at radius 1 is 1.03 bits per heavy atom. The molecular formula is C28H28F2N6O3. The summed E-state index contributed by atoms with van der Waals surface area (Å²) in [5.74, 6) is -0.833. The molecule has 3 aliphatic heterocycles. The van der Waals surface area contributed by atoms with Crippen LogP contribution in [0.15, 0.2) is 42.7 Å². The Labute approximate surface area is 224 Å². The lowest BCUT2D eigenvalue weighted by Crippen LogP contribution is -2.48. The number of hydrogen-bond donors (Lipinski definition) is 2. The van der Waals surface area contributed by atoms with Gasteiger partial charge in [0.25, 0.3) is 5.91 Å². The lowest BCUT2D eigenvalue weighted by Gasteiger charge is -2.36. The predicted octanol–water partition coefficient (Wildman–Crippen LogP) is 3.29. The number of aromatic nitrogens is 2. The van der Waals surface area contributed by atoms with Gasteiger partial charge in [0.05, 0.1) is 18.8 Å². The maximum absolute atomic E-state index is 13.9. The molecule has 1 unspecified atom stereocenters. The van der Waals surface area contributed by atoms with Crippen molar-refractivity contribution in [1.29, 1.82) is 0 Å². The van der Waals surface area contributed by atoms with Crippen LogP contribution in [0.2, 0.25) is 0 Å². The molecule has 9 nitrogen and oxygen atoms in total. The smallest absolute Gasteiger partial charge is 0.277 e. The summed E-state index contributed by atoms with van der Waals surface area (Å²) in [4.78, 5) is 38.3. The molecule has 2 amide bonds. The molecule has 0 radical (unpaired) electrons. The normalized spacial score (nSPS) is 19.3. The third kappa shape index (κ3) is 4.78. The SMILES string of the molecule is COc1ccc2c(c1)CNC(C1CCN(c3cc(C(=O)N4CCc5cc(F)c(F)cc54)ncn3)CC1)C(=O)N2. The first-order valence-electron chi connectivity index (χ1n) is 13.0. The molecule has 0 bridgehead atoms. The first-order valence-corrected chi connectivity index (χ1v) is 13.0. The van der Waals surface area contributed by atoms with Gasteiger partial charge in [0.15, 0.2) is 11.6 Å². The van der Waals surface area contributed by atoms with Crippen molar-refractivity contribution in [2.75, 3.05) is 41.9 Å². The molecule has 11 heteroatoms. The number of nitrogens with zero attached hydrogens (tertiary/aromatic N) is 4. The van der Waals surface area contributed by atoms with E-state index in [4.69, 9.17) is 4.74 Å². The number of halogens is 2. The molecule has 39 heavy (non-hydrogen) atoms. The minimum Gasteiger partial charge on any atom is -0.497 e. The molecule has 1 atom stereocenters. The van der Waals surface area contributed by atoms with Crippen molar-refractivity contribution in [2.45, 2.75) is 31.8 Å².